The lowest BCUT2D eigenvalue weighted by Gasteiger charge is -2.10. The summed E-state index contributed by atoms with van der Waals surface area (Å²) in [7, 11) is 1.21. The van der Waals surface area contributed by atoms with Crippen molar-refractivity contribution in [3.63, 3.8) is 0 Å². The standard InChI is InChI=1S/C17H16O3/c1-12(16(18)17(19)20-2)13-8-10-15(11-9-13)14-6-4-3-5-7-14/h3-12H,1-2H3/t12-/m1/s1. The number of Topliss-reactive ketones (excluding diaryl/α,β-unsaturated/α-hetero) is 1. The molecule has 0 unspecified atom stereocenters. The van der Waals surface area contributed by atoms with Gasteiger partial charge in [-0.2, -0.15) is 0 Å². The van der Waals surface area contributed by atoms with Gasteiger partial charge in [0.15, 0.2) is 0 Å². The fourth-order valence-corrected chi connectivity index (χ4v) is 2.02. The maximum absolute atomic E-state index is 11.8. The number of carbonyl (C=O) groups is 2. The second-order valence-electron chi connectivity index (χ2n) is 4.57. The summed E-state index contributed by atoms with van der Waals surface area (Å²) in [6.45, 7) is 1.71. The Bertz CT molecular complexity index is 600. The summed E-state index contributed by atoms with van der Waals surface area (Å²) in [6, 6.07) is 17.6. The third-order valence-electron chi connectivity index (χ3n) is 3.30. The highest BCUT2D eigenvalue weighted by Crippen LogP contribution is 2.23. The number of ether oxygens (including phenoxy) is 1. The van der Waals surface area contributed by atoms with Gasteiger partial charge in [0.25, 0.3) is 0 Å². The van der Waals surface area contributed by atoms with Gasteiger partial charge in [-0.3, -0.25) is 4.79 Å². The highest BCUT2D eigenvalue weighted by atomic mass is 16.5. The van der Waals surface area contributed by atoms with E-state index in [4.69, 9.17) is 0 Å². The van der Waals surface area contributed by atoms with E-state index in [0.29, 0.717) is 0 Å². The third kappa shape index (κ3) is 2.94. The first kappa shape index (κ1) is 14.0. The average Bonchev–Trinajstić information content (AvgIpc) is 2.53. The Hall–Kier alpha value is -2.42. The van der Waals surface area contributed by atoms with Gasteiger partial charge in [0, 0.05) is 0 Å². The van der Waals surface area contributed by atoms with Gasteiger partial charge in [-0.15, -0.1) is 0 Å². The first-order valence-electron chi connectivity index (χ1n) is 6.41. The Morgan fingerprint density at radius 1 is 0.900 bits per heavy atom. The molecule has 0 spiro atoms. The third-order valence-corrected chi connectivity index (χ3v) is 3.30. The van der Waals surface area contributed by atoms with E-state index < -0.39 is 17.7 Å². The lowest BCUT2D eigenvalue weighted by atomic mass is 9.94. The molecule has 0 saturated carbocycles. The molecule has 0 N–H and O–H groups in total. The second-order valence-corrected chi connectivity index (χ2v) is 4.57. The fourth-order valence-electron chi connectivity index (χ4n) is 2.02. The molecule has 0 radical (unpaired) electrons. The Kier molecular flexibility index (Phi) is 4.31. The highest BCUT2D eigenvalue weighted by Gasteiger charge is 2.23. The summed E-state index contributed by atoms with van der Waals surface area (Å²) in [5, 5.41) is 0. The van der Waals surface area contributed by atoms with E-state index in [1.807, 2.05) is 54.6 Å². The van der Waals surface area contributed by atoms with Crippen LogP contribution in [0, 0.1) is 0 Å². The number of hydrogen-bond donors (Lipinski definition) is 0. The van der Waals surface area contributed by atoms with E-state index in [2.05, 4.69) is 4.74 Å². The lowest BCUT2D eigenvalue weighted by Crippen LogP contribution is -2.21. The van der Waals surface area contributed by atoms with E-state index in [9.17, 15) is 9.59 Å². The van der Waals surface area contributed by atoms with Crippen LogP contribution in [0.5, 0.6) is 0 Å². The largest absolute Gasteiger partial charge is 0.463 e. The van der Waals surface area contributed by atoms with Crippen LogP contribution in [0.4, 0.5) is 0 Å². The minimum Gasteiger partial charge on any atom is -0.463 e. The first-order chi connectivity index (χ1) is 9.63. The Morgan fingerprint density at radius 2 is 1.45 bits per heavy atom. The van der Waals surface area contributed by atoms with Crippen LogP contribution < -0.4 is 0 Å². The monoisotopic (exact) mass is 268 g/mol. The van der Waals surface area contributed by atoms with Gasteiger partial charge in [0.1, 0.15) is 0 Å². The van der Waals surface area contributed by atoms with E-state index in [1.165, 1.54) is 7.11 Å². The van der Waals surface area contributed by atoms with E-state index >= 15 is 0 Å². The Balaban J connectivity index is 2.20. The van der Waals surface area contributed by atoms with Crippen LogP contribution in [0.2, 0.25) is 0 Å². The van der Waals surface area contributed by atoms with Crippen LogP contribution in [0.1, 0.15) is 18.4 Å². The van der Waals surface area contributed by atoms with Gasteiger partial charge in [0.05, 0.1) is 13.0 Å². The van der Waals surface area contributed by atoms with Crippen molar-refractivity contribution in [2.45, 2.75) is 12.8 Å². The summed E-state index contributed by atoms with van der Waals surface area (Å²) in [5.41, 5.74) is 3.00. The van der Waals surface area contributed by atoms with Crippen molar-refractivity contribution in [1.29, 1.82) is 0 Å². The number of benzene rings is 2. The fraction of sp³-hybridized carbons (Fsp3) is 0.176. The number of rotatable bonds is 4. The summed E-state index contributed by atoms with van der Waals surface area (Å²) < 4.78 is 4.46. The molecule has 3 heteroatoms. The Morgan fingerprint density at radius 3 is 2.00 bits per heavy atom. The first-order valence-corrected chi connectivity index (χ1v) is 6.41. The maximum Gasteiger partial charge on any atom is 0.374 e. The number of esters is 1. The second kappa shape index (κ2) is 6.15. The van der Waals surface area contributed by atoms with Crippen LogP contribution in [0.15, 0.2) is 54.6 Å². The number of ketones is 1. The number of methoxy groups -OCH3 is 1. The molecule has 3 nitrogen and oxygen atoms in total. The van der Waals surface area contributed by atoms with Crippen LogP contribution in [-0.4, -0.2) is 18.9 Å². The summed E-state index contributed by atoms with van der Waals surface area (Å²) >= 11 is 0. The lowest BCUT2D eigenvalue weighted by molar-refractivity contribution is -0.152. The predicted octanol–water partition coefficient (Wildman–Crippen LogP) is 3.20. The molecule has 0 aromatic heterocycles. The SMILES string of the molecule is COC(=O)C(=O)[C@H](C)c1ccc(-c2ccccc2)cc1. The molecule has 2 rings (SSSR count). The van der Waals surface area contributed by atoms with Gasteiger partial charge in [0.2, 0.25) is 5.78 Å². The maximum atomic E-state index is 11.8. The van der Waals surface area contributed by atoms with Crippen LogP contribution in [0.25, 0.3) is 11.1 Å². The molecule has 0 amide bonds. The van der Waals surface area contributed by atoms with Crippen molar-refractivity contribution >= 4 is 11.8 Å². The van der Waals surface area contributed by atoms with Gasteiger partial charge in [-0.05, 0) is 16.7 Å². The number of hydrogen-bond acceptors (Lipinski definition) is 3. The van der Waals surface area contributed by atoms with Crippen molar-refractivity contribution in [2.24, 2.45) is 0 Å². The van der Waals surface area contributed by atoms with Crippen LogP contribution >= 0.6 is 0 Å². The average molecular weight is 268 g/mol. The van der Waals surface area contributed by atoms with Gasteiger partial charge < -0.3 is 4.74 Å². The molecule has 102 valence electrons. The zero-order valence-electron chi connectivity index (χ0n) is 11.5. The molecule has 0 fully saturated rings. The van der Waals surface area contributed by atoms with E-state index in [-0.39, 0.29) is 0 Å². The van der Waals surface area contributed by atoms with Crippen molar-refractivity contribution in [1.82, 2.24) is 0 Å². The topological polar surface area (TPSA) is 43.4 Å². The zero-order valence-corrected chi connectivity index (χ0v) is 11.5. The molecule has 1 atom stereocenters. The molecule has 0 aliphatic carbocycles. The minimum absolute atomic E-state index is 0.493. The Labute approximate surface area is 118 Å². The van der Waals surface area contributed by atoms with Crippen molar-refractivity contribution < 1.29 is 14.3 Å². The smallest absolute Gasteiger partial charge is 0.374 e. The molecular weight excluding hydrogens is 252 g/mol. The van der Waals surface area contributed by atoms with Crippen molar-refractivity contribution in [2.75, 3.05) is 7.11 Å². The zero-order chi connectivity index (χ0) is 14.5. The molecule has 0 aliphatic heterocycles. The molecule has 2 aromatic carbocycles. The molecule has 0 bridgehead atoms. The van der Waals surface area contributed by atoms with Gasteiger partial charge in [-0.25, -0.2) is 4.79 Å². The normalized spacial score (nSPS) is 11.7. The molecule has 20 heavy (non-hydrogen) atoms. The summed E-state index contributed by atoms with van der Waals surface area (Å²) in [5.74, 6) is -1.82. The van der Waals surface area contributed by atoms with E-state index in [1.54, 1.807) is 6.92 Å². The molecular formula is C17H16O3. The molecule has 0 aliphatic rings. The van der Waals surface area contributed by atoms with Crippen LogP contribution in [-0.2, 0) is 14.3 Å². The molecule has 2 aromatic rings. The molecule has 0 heterocycles. The predicted molar refractivity (Wildman–Crippen MR) is 77.3 cm³/mol. The van der Waals surface area contributed by atoms with Crippen LogP contribution in [0.3, 0.4) is 0 Å². The van der Waals surface area contributed by atoms with Gasteiger partial charge >= 0.3 is 5.97 Å². The molecule has 0 saturated heterocycles. The van der Waals surface area contributed by atoms with Crippen molar-refractivity contribution in [3.05, 3.63) is 60.2 Å². The van der Waals surface area contributed by atoms with E-state index in [0.717, 1.165) is 16.7 Å². The summed E-state index contributed by atoms with van der Waals surface area (Å²) in [6.07, 6.45) is 0. The highest BCUT2D eigenvalue weighted by molar-refractivity contribution is 6.35. The quantitative estimate of drug-likeness (QED) is 0.631. The van der Waals surface area contributed by atoms with Crippen molar-refractivity contribution in [3.8, 4) is 11.1 Å². The minimum atomic E-state index is -0.801. The summed E-state index contributed by atoms with van der Waals surface area (Å²) in [4.78, 5) is 23.0. The number of carbonyl (C=O) groups excluding carboxylic acids is 2. The van der Waals surface area contributed by atoms with Gasteiger partial charge in [-0.1, -0.05) is 61.5 Å².